The number of fused-ring (bicyclic) bond motifs is 1. The van der Waals surface area contributed by atoms with Gasteiger partial charge in [0.25, 0.3) is 0 Å². The largest absolute Gasteiger partial charge is 0.0995 e. The van der Waals surface area contributed by atoms with Gasteiger partial charge in [-0.05, 0) is 37.3 Å². The number of hydrogen-bond acceptors (Lipinski definition) is 0. The Balaban J connectivity index is 2.44. The fourth-order valence-corrected chi connectivity index (χ4v) is 1.83. The monoisotopic (exact) mass is 158 g/mol. The highest BCUT2D eigenvalue weighted by molar-refractivity contribution is 5.37. The van der Waals surface area contributed by atoms with Crippen LogP contribution in [-0.4, -0.2) is 0 Å². The molecule has 0 aromatic heterocycles. The van der Waals surface area contributed by atoms with Crippen molar-refractivity contribution in [2.24, 2.45) is 0 Å². The fraction of sp³-hybridized carbons (Fsp3) is 0.333. The van der Waals surface area contributed by atoms with Gasteiger partial charge in [0.15, 0.2) is 0 Å². The van der Waals surface area contributed by atoms with Gasteiger partial charge >= 0.3 is 0 Å². The average Bonchev–Trinajstić information content (AvgIpc) is 2.03. The zero-order chi connectivity index (χ0) is 8.55. The number of rotatable bonds is 0. The van der Waals surface area contributed by atoms with Crippen molar-refractivity contribution >= 4 is 0 Å². The van der Waals surface area contributed by atoms with Gasteiger partial charge in [0.2, 0.25) is 0 Å². The third-order valence-corrected chi connectivity index (χ3v) is 2.55. The molecule has 0 heteroatoms. The van der Waals surface area contributed by atoms with E-state index in [0.29, 0.717) is 0 Å². The predicted molar refractivity (Wildman–Crippen MR) is 52.3 cm³/mol. The molecule has 0 radical (unpaired) electrons. The van der Waals surface area contributed by atoms with Crippen LogP contribution in [0.4, 0.5) is 0 Å². The molecule has 1 aliphatic rings. The summed E-state index contributed by atoms with van der Waals surface area (Å²) in [7, 11) is 0. The summed E-state index contributed by atoms with van der Waals surface area (Å²) in [5.74, 6) is 0. The number of allylic oxidation sites excluding steroid dienone is 1. The van der Waals surface area contributed by atoms with E-state index in [1.165, 1.54) is 35.1 Å². The van der Waals surface area contributed by atoms with Gasteiger partial charge in [-0.3, -0.25) is 0 Å². The Kier molecular flexibility index (Phi) is 1.76. The summed E-state index contributed by atoms with van der Waals surface area (Å²) in [6, 6.07) is 6.75. The lowest BCUT2D eigenvalue weighted by Gasteiger charge is -2.17. The van der Waals surface area contributed by atoms with Gasteiger partial charge in [0, 0.05) is 0 Å². The van der Waals surface area contributed by atoms with Crippen molar-refractivity contribution in [3.8, 4) is 0 Å². The first kappa shape index (κ1) is 7.60. The Morgan fingerprint density at radius 2 is 2.00 bits per heavy atom. The van der Waals surface area contributed by atoms with Crippen LogP contribution in [-0.2, 0) is 12.8 Å². The molecule has 0 atom stereocenters. The number of hydrogen-bond donors (Lipinski definition) is 0. The van der Waals surface area contributed by atoms with Crippen molar-refractivity contribution in [3.63, 3.8) is 0 Å². The zero-order valence-electron chi connectivity index (χ0n) is 7.56. The van der Waals surface area contributed by atoms with Crippen LogP contribution < -0.4 is 0 Å². The molecule has 2 rings (SSSR count). The Morgan fingerprint density at radius 1 is 1.17 bits per heavy atom. The van der Waals surface area contributed by atoms with Crippen LogP contribution in [0, 0.1) is 6.92 Å². The molecular formula is C12H14. The molecule has 0 bridgehead atoms. The predicted octanol–water partition coefficient (Wildman–Crippen LogP) is 3.04. The summed E-state index contributed by atoms with van der Waals surface area (Å²) in [4.78, 5) is 0. The Hall–Kier alpha value is -1.04. The molecule has 0 fully saturated rings. The molecule has 1 aromatic carbocycles. The topological polar surface area (TPSA) is 0 Å². The smallest absolute Gasteiger partial charge is 0.00669 e. The fourth-order valence-electron chi connectivity index (χ4n) is 1.83. The molecule has 62 valence electrons. The third-order valence-electron chi connectivity index (χ3n) is 2.55. The standard InChI is InChI=1S/C12H14/c1-9-3-5-11-6-4-10(2)8-12(11)7-9/h4,6,8H,1,3,5,7H2,2H3. The lowest BCUT2D eigenvalue weighted by molar-refractivity contribution is 0.839. The summed E-state index contributed by atoms with van der Waals surface area (Å²) in [6.07, 6.45) is 3.46. The molecule has 0 heterocycles. The Bertz CT molecular complexity index is 321. The van der Waals surface area contributed by atoms with Gasteiger partial charge in [-0.2, -0.15) is 0 Å². The van der Waals surface area contributed by atoms with Crippen LogP contribution in [0.1, 0.15) is 23.1 Å². The third kappa shape index (κ3) is 1.29. The lowest BCUT2D eigenvalue weighted by atomic mass is 9.88. The zero-order valence-corrected chi connectivity index (χ0v) is 7.56. The first-order valence-electron chi connectivity index (χ1n) is 4.51. The highest BCUT2D eigenvalue weighted by Crippen LogP contribution is 2.24. The van der Waals surface area contributed by atoms with E-state index in [4.69, 9.17) is 0 Å². The molecule has 1 aromatic rings. The maximum absolute atomic E-state index is 4.04. The summed E-state index contributed by atoms with van der Waals surface area (Å²) < 4.78 is 0. The van der Waals surface area contributed by atoms with E-state index >= 15 is 0 Å². The summed E-state index contributed by atoms with van der Waals surface area (Å²) in [5, 5.41) is 0. The minimum Gasteiger partial charge on any atom is -0.0995 e. The lowest BCUT2D eigenvalue weighted by Crippen LogP contribution is -2.04. The van der Waals surface area contributed by atoms with Crippen LogP contribution in [0.2, 0.25) is 0 Å². The van der Waals surface area contributed by atoms with Gasteiger partial charge in [0.1, 0.15) is 0 Å². The molecule has 0 saturated heterocycles. The summed E-state index contributed by atoms with van der Waals surface area (Å²) in [6.45, 7) is 6.19. The SMILES string of the molecule is C=C1CCc2ccc(C)cc2C1. The molecule has 12 heavy (non-hydrogen) atoms. The van der Waals surface area contributed by atoms with Crippen LogP contribution in [0.5, 0.6) is 0 Å². The quantitative estimate of drug-likeness (QED) is 0.509. The van der Waals surface area contributed by atoms with Gasteiger partial charge in [-0.25, -0.2) is 0 Å². The molecule has 0 amide bonds. The molecule has 1 aliphatic carbocycles. The number of aryl methyl sites for hydroxylation is 2. The molecular weight excluding hydrogens is 144 g/mol. The average molecular weight is 158 g/mol. The van der Waals surface area contributed by atoms with Crippen molar-refractivity contribution < 1.29 is 0 Å². The van der Waals surface area contributed by atoms with Crippen molar-refractivity contribution in [3.05, 3.63) is 47.0 Å². The van der Waals surface area contributed by atoms with Gasteiger partial charge in [-0.15, -0.1) is 0 Å². The van der Waals surface area contributed by atoms with Gasteiger partial charge < -0.3 is 0 Å². The van der Waals surface area contributed by atoms with Crippen LogP contribution in [0.25, 0.3) is 0 Å². The van der Waals surface area contributed by atoms with E-state index in [1.54, 1.807) is 0 Å². The summed E-state index contributed by atoms with van der Waals surface area (Å²) >= 11 is 0. The maximum Gasteiger partial charge on any atom is -0.00669 e. The van der Waals surface area contributed by atoms with E-state index in [-0.39, 0.29) is 0 Å². The summed E-state index contributed by atoms with van der Waals surface area (Å²) in [5.41, 5.74) is 5.76. The second-order valence-corrected chi connectivity index (χ2v) is 3.70. The van der Waals surface area contributed by atoms with Gasteiger partial charge in [-0.1, -0.05) is 35.9 Å². The first-order chi connectivity index (χ1) is 5.75. The first-order valence-corrected chi connectivity index (χ1v) is 4.51. The second-order valence-electron chi connectivity index (χ2n) is 3.70. The van der Waals surface area contributed by atoms with Crippen LogP contribution >= 0.6 is 0 Å². The second kappa shape index (κ2) is 2.78. The Labute approximate surface area is 73.9 Å². The van der Waals surface area contributed by atoms with Crippen molar-refractivity contribution in [1.82, 2.24) is 0 Å². The maximum atomic E-state index is 4.04. The number of benzene rings is 1. The molecule has 0 aliphatic heterocycles. The Morgan fingerprint density at radius 3 is 2.83 bits per heavy atom. The minimum absolute atomic E-state index is 1.09. The molecule has 0 unspecified atom stereocenters. The molecule has 0 saturated carbocycles. The van der Waals surface area contributed by atoms with Crippen molar-refractivity contribution in [1.29, 1.82) is 0 Å². The van der Waals surface area contributed by atoms with E-state index in [0.717, 1.165) is 6.42 Å². The van der Waals surface area contributed by atoms with Crippen LogP contribution in [0.15, 0.2) is 30.4 Å². The van der Waals surface area contributed by atoms with E-state index < -0.39 is 0 Å². The highest BCUT2D eigenvalue weighted by atomic mass is 14.2. The van der Waals surface area contributed by atoms with Gasteiger partial charge in [0.05, 0.1) is 0 Å². The van der Waals surface area contributed by atoms with E-state index in [1.807, 2.05) is 0 Å². The normalized spacial score (nSPS) is 15.9. The molecule has 0 nitrogen and oxygen atoms in total. The minimum atomic E-state index is 1.09. The van der Waals surface area contributed by atoms with Crippen molar-refractivity contribution in [2.75, 3.05) is 0 Å². The molecule has 0 spiro atoms. The van der Waals surface area contributed by atoms with Crippen LogP contribution in [0.3, 0.4) is 0 Å². The highest BCUT2D eigenvalue weighted by Gasteiger charge is 2.10. The van der Waals surface area contributed by atoms with E-state index in [9.17, 15) is 0 Å². The molecule has 0 N–H and O–H groups in total. The van der Waals surface area contributed by atoms with Crippen molar-refractivity contribution in [2.45, 2.75) is 26.2 Å². The van der Waals surface area contributed by atoms with E-state index in [2.05, 4.69) is 31.7 Å².